The Bertz CT molecular complexity index is 216. The standard InChI is InChI=1S/C8H11NO2/c9-7-1-2-8(11)4-6(3-7)5-10/h1,5-7,11H,3-4,9H2. The van der Waals surface area contributed by atoms with Gasteiger partial charge in [0.1, 0.15) is 12.0 Å². The molecule has 0 radical (unpaired) electrons. The Morgan fingerprint density at radius 2 is 2.55 bits per heavy atom. The highest BCUT2D eigenvalue weighted by Crippen LogP contribution is 2.15. The largest absolute Gasteiger partial charge is 0.505 e. The molecule has 3 nitrogen and oxygen atoms in total. The molecule has 0 bridgehead atoms. The van der Waals surface area contributed by atoms with Gasteiger partial charge in [-0.25, -0.2) is 0 Å². The summed E-state index contributed by atoms with van der Waals surface area (Å²) in [6.45, 7) is 0. The van der Waals surface area contributed by atoms with Crippen molar-refractivity contribution >= 4 is 6.29 Å². The lowest BCUT2D eigenvalue weighted by Crippen LogP contribution is -2.20. The molecule has 2 atom stereocenters. The molecular weight excluding hydrogens is 142 g/mol. The molecule has 3 N–H and O–H groups in total. The van der Waals surface area contributed by atoms with Gasteiger partial charge in [-0.3, -0.25) is 0 Å². The highest BCUT2D eigenvalue weighted by atomic mass is 16.3. The molecule has 0 heterocycles. The van der Waals surface area contributed by atoms with E-state index in [1.165, 1.54) is 0 Å². The average molecular weight is 153 g/mol. The summed E-state index contributed by atoms with van der Waals surface area (Å²) >= 11 is 0. The molecule has 0 saturated carbocycles. The summed E-state index contributed by atoms with van der Waals surface area (Å²) in [5, 5.41) is 9.07. The van der Waals surface area contributed by atoms with E-state index < -0.39 is 0 Å². The second kappa shape index (κ2) is 3.37. The zero-order valence-electron chi connectivity index (χ0n) is 6.16. The molecule has 0 fully saturated rings. The van der Waals surface area contributed by atoms with Crippen molar-refractivity contribution in [2.24, 2.45) is 11.7 Å². The van der Waals surface area contributed by atoms with Crippen molar-refractivity contribution in [2.45, 2.75) is 18.9 Å². The van der Waals surface area contributed by atoms with Crippen LogP contribution in [-0.2, 0) is 4.79 Å². The Kier molecular flexibility index (Phi) is 2.47. The van der Waals surface area contributed by atoms with E-state index in [2.05, 4.69) is 5.73 Å². The van der Waals surface area contributed by atoms with Gasteiger partial charge in [0.15, 0.2) is 0 Å². The second-order valence-electron chi connectivity index (χ2n) is 2.76. The molecule has 2 unspecified atom stereocenters. The fourth-order valence-electron chi connectivity index (χ4n) is 1.12. The fraction of sp³-hybridized carbons (Fsp3) is 0.500. The van der Waals surface area contributed by atoms with E-state index in [1.807, 2.05) is 0 Å². The van der Waals surface area contributed by atoms with E-state index in [0.29, 0.717) is 12.8 Å². The molecule has 0 aromatic rings. The Labute approximate surface area is 65.2 Å². The van der Waals surface area contributed by atoms with Gasteiger partial charge in [0.25, 0.3) is 0 Å². The Morgan fingerprint density at radius 1 is 1.82 bits per heavy atom. The second-order valence-corrected chi connectivity index (χ2v) is 2.76. The molecule has 3 heteroatoms. The summed E-state index contributed by atoms with van der Waals surface area (Å²) in [6, 6.07) is -0.158. The average Bonchev–Trinajstić information content (AvgIpc) is 2.13. The lowest BCUT2D eigenvalue weighted by Gasteiger charge is -2.08. The number of nitrogens with two attached hydrogens (primary N) is 1. The number of aliphatic hydroxyl groups excluding tert-OH is 1. The van der Waals surface area contributed by atoms with Crippen molar-refractivity contribution in [2.75, 3.05) is 0 Å². The SMILES string of the molecule is NC1C=C=C(O)CC(C=O)C1. The van der Waals surface area contributed by atoms with E-state index in [4.69, 9.17) is 10.8 Å². The van der Waals surface area contributed by atoms with Crippen molar-refractivity contribution in [3.05, 3.63) is 17.6 Å². The van der Waals surface area contributed by atoms with Crippen LogP contribution in [0.1, 0.15) is 12.8 Å². The zero-order chi connectivity index (χ0) is 8.27. The molecule has 1 aliphatic rings. The number of carbonyl (C=O) groups is 1. The van der Waals surface area contributed by atoms with Crippen molar-refractivity contribution in [1.82, 2.24) is 0 Å². The molecule has 0 aromatic carbocycles. The summed E-state index contributed by atoms with van der Waals surface area (Å²) < 4.78 is 0. The normalized spacial score (nSPS) is 30.8. The van der Waals surface area contributed by atoms with Crippen molar-refractivity contribution < 1.29 is 9.90 Å². The number of hydrogen-bond acceptors (Lipinski definition) is 3. The molecule has 0 spiro atoms. The minimum absolute atomic E-state index is 0.120. The van der Waals surface area contributed by atoms with Crippen LogP contribution < -0.4 is 5.73 Å². The van der Waals surface area contributed by atoms with Gasteiger partial charge in [-0.15, -0.1) is 0 Å². The quantitative estimate of drug-likeness (QED) is 0.426. The van der Waals surface area contributed by atoms with Crippen molar-refractivity contribution in [3.63, 3.8) is 0 Å². The minimum Gasteiger partial charge on any atom is -0.505 e. The van der Waals surface area contributed by atoms with Crippen molar-refractivity contribution in [1.29, 1.82) is 0 Å². The van der Waals surface area contributed by atoms with Crippen molar-refractivity contribution in [3.8, 4) is 0 Å². The predicted molar refractivity (Wildman–Crippen MR) is 41.0 cm³/mol. The lowest BCUT2D eigenvalue weighted by molar-refractivity contribution is -0.111. The first kappa shape index (κ1) is 8.05. The number of hydrogen-bond donors (Lipinski definition) is 2. The summed E-state index contributed by atoms with van der Waals surface area (Å²) in [4.78, 5) is 10.4. The van der Waals surface area contributed by atoms with Crippen LogP contribution in [0.2, 0.25) is 0 Å². The minimum atomic E-state index is -0.158. The first-order chi connectivity index (χ1) is 5.22. The van der Waals surface area contributed by atoms with E-state index in [1.54, 1.807) is 6.08 Å². The van der Waals surface area contributed by atoms with Crippen LogP contribution >= 0.6 is 0 Å². The first-order valence-electron chi connectivity index (χ1n) is 3.58. The molecule has 11 heavy (non-hydrogen) atoms. The summed E-state index contributed by atoms with van der Waals surface area (Å²) in [5.41, 5.74) is 8.18. The van der Waals surface area contributed by atoms with E-state index in [0.717, 1.165) is 6.29 Å². The van der Waals surface area contributed by atoms with Crippen LogP contribution in [0.5, 0.6) is 0 Å². The number of aliphatic hydroxyl groups is 1. The molecule has 0 amide bonds. The summed E-state index contributed by atoms with van der Waals surface area (Å²) in [7, 11) is 0. The summed E-state index contributed by atoms with van der Waals surface area (Å²) in [5.74, 6) is -0.0358. The van der Waals surface area contributed by atoms with Gasteiger partial charge < -0.3 is 15.6 Å². The maximum atomic E-state index is 10.4. The molecule has 60 valence electrons. The Balaban J connectivity index is 2.71. The van der Waals surface area contributed by atoms with E-state index >= 15 is 0 Å². The van der Waals surface area contributed by atoms with Gasteiger partial charge in [-0.2, -0.15) is 0 Å². The van der Waals surface area contributed by atoms with Crippen LogP contribution in [-0.4, -0.2) is 17.4 Å². The first-order valence-corrected chi connectivity index (χ1v) is 3.58. The monoisotopic (exact) mass is 153 g/mol. The molecule has 1 rings (SSSR count). The molecular formula is C8H11NO2. The molecule has 0 saturated heterocycles. The smallest absolute Gasteiger partial charge is 0.135 e. The molecule has 0 aromatic heterocycles. The number of aldehydes is 1. The van der Waals surface area contributed by atoms with Gasteiger partial charge >= 0.3 is 0 Å². The number of carbonyl (C=O) groups excluding carboxylic acids is 1. The summed E-state index contributed by atoms with van der Waals surface area (Å²) in [6.07, 6.45) is 3.39. The van der Waals surface area contributed by atoms with E-state index in [9.17, 15) is 4.79 Å². The van der Waals surface area contributed by atoms with Gasteiger partial charge in [0, 0.05) is 18.4 Å². The Morgan fingerprint density at radius 3 is 3.18 bits per heavy atom. The zero-order valence-corrected chi connectivity index (χ0v) is 6.16. The third-order valence-corrected chi connectivity index (χ3v) is 1.69. The van der Waals surface area contributed by atoms with Crippen LogP contribution in [0.25, 0.3) is 0 Å². The lowest BCUT2D eigenvalue weighted by atomic mass is 10.00. The maximum absolute atomic E-state index is 10.4. The highest BCUT2D eigenvalue weighted by molar-refractivity contribution is 5.54. The third kappa shape index (κ3) is 2.22. The molecule has 0 aliphatic heterocycles. The predicted octanol–water partition coefficient (Wildman–Crippen LogP) is 0.520. The van der Waals surface area contributed by atoms with Gasteiger partial charge in [-0.05, 0) is 12.5 Å². The fourth-order valence-corrected chi connectivity index (χ4v) is 1.12. The highest BCUT2D eigenvalue weighted by Gasteiger charge is 2.15. The Hall–Kier alpha value is -1.05. The molecule has 1 aliphatic carbocycles. The van der Waals surface area contributed by atoms with Gasteiger partial charge in [-0.1, -0.05) is 5.73 Å². The van der Waals surface area contributed by atoms with E-state index in [-0.39, 0.29) is 17.7 Å². The van der Waals surface area contributed by atoms with Crippen LogP contribution in [0.3, 0.4) is 0 Å². The topological polar surface area (TPSA) is 63.3 Å². The van der Waals surface area contributed by atoms with Gasteiger partial charge in [0.2, 0.25) is 0 Å². The van der Waals surface area contributed by atoms with Crippen LogP contribution in [0.15, 0.2) is 17.6 Å². The van der Waals surface area contributed by atoms with Gasteiger partial charge in [0.05, 0.1) is 0 Å². The van der Waals surface area contributed by atoms with Crippen LogP contribution in [0, 0.1) is 5.92 Å². The third-order valence-electron chi connectivity index (χ3n) is 1.69. The van der Waals surface area contributed by atoms with Crippen LogP contribution in [0.4, 0.5) is 0 Å². The number of rotatable bonds is 1. The maximum Gasteiger partial charge on any atom is 0.135 e.